The van der Waals surface area contributed by atoms with Gasteiger partial charge in [0, 0.05) is 6.61 Å². The summed E-state index contributed by atoms with van der Waals surface area (Å²) in [6, 6.07) is 0. The Bertz CT molecular complexity index is 91.1. The highest BCUT2D eigenvalue weighted by atomic mass is 16.4. The van der Waals surface area contributed by atoms with Gasteiger partial charge < -0.3 is 10.3 Å². The van der Waals surface area contributed by atoms with Gasteiger partial charge in [0.2, 0.25) is 0 Å². The van der Waals surface area contributed by atoms with Crippen LogP contribution in [0.2, 0.25) is 0 Å². The Morgan fingerprint density at radius 2 is 2.11 bits per heavy atom. The summed E-state index contributed by atoms with van der Waals surface area (Å²) >= 11 is 0. The lowest BCUT2D eigenvalue weighted by Crippen LogP contribution is -1.92. The Labute approximate surface area is 55.0 Å². The van der Waals surface area contributed by atoms with Gasteiger partial charge in [0.15, 0.2) is 0 Å². The summed E-state index contributed by atoms with van der Waals surface area (Å²) in [6.45, 7) is 1.98. The number of rotatable bonds is 4. The first kappa shape index (κ1) is 8.43. The number of aliphatic hydroxyl groups is 1. The van der Waals surface area contributed by atoms with Crippen molar-refractivity contribution in [1.82, 2.24) is 0 Å². The van der Waals surface area contributed by atoms with Gasteiger partial charge in [-0.1, -0.05) is 5.16 Å². The van der Waals surface area contributed by atoms with Crippen LogP contribution in [0.5, 0.6) is 0 Å². The Balaban J connectivity index is 3.07. The lowest BCUT2D eigenvalue weighted by atomic mass is 10.2. The highest BCUT2D eigenvalue weighted by Gasteiger charge is 1.90. The van der Waals surface area contributed by atoms with Gasteiger partial charge in [-0.25, -0.2) is 0 Å². The summed E-state index contributed by atoms with van der Waals surface area (Å²) in [7, 11) is 0. The molecule has 0 atom stereocenters. The molecular formula is C6H13NO2. The second-order valence-corrected chi connectivity index (χ2v) is 2.02. The summed E-state index contributed by atoms with van der Waals surface area (Å²) < 4.78 is 0. The average molecular weight is 131 g/mol. The molecule has 0 aromatic carbocycles. The van der Waals surface area contributed by atoms with Crippen molar-refractivity contribution in [1.29, 1.82) is 0 Å². The van der Waals surface area contributed by atoms with Crippen LogP contribution in [-0.4, -0.2) is 22.6 Å². The van der Waals surface area contributed by atoms with Crippen LogP contribution in [0.15, 0.2) is 5.16 Å². The van der Waals surface area contributed by atoms with E-state index in [0.29, 0.717) is 0 Å². The minimum atomic E-state index is 0.221. The molecule has 0 saturated carbocycles. The van der Waals surface area contributed by atoms with Crippen molar-refractivity contribution in [3.05, 3.63) is 0 Å². The number of aliphatic hydroxyl groups excluding tert-OH is 1. The fraction of sp³-hybridized carbons (Fsp3) is 0.833. The van der Waals surface area contributed by atoms with Gasteiger partial charge >= 0.3 is 0 Å². The molecule has 0 aliphatic carbocycles. The summed E-state index contributed by atoms with van der Waals surface area (Å²) in [5, 5.41) is 19.5. The molecule has 0 heterocycles. The third-order valence-electron chi connectivity index (χ3n) is 1.12. The smallest absolute Gasteiger partial charge is 0.0540 e. The maximum atomic E-state index is 8.35. The van der Waals surface area contributed by atoms with Crippen LogP contribution in [0.25, 0.3) is 0 Å². The standard InChI is InChI=1S/C6H13NO2/c1-6(7-9)4-2-3-5-8/h8-9H,2-5H2,1H3/b7-6+. The number of hydrogen-bond donors (Lipinski definition) is 2. The number of hydrogen-bond acceptors (Lipinski definition) is 3. The molecule has 0 saturated heterocycles. The van der Waals surface area contributed by atoms with Gasteiger partial charge in [-0.3, -0.25) is 0 Å². The fourth-order valence-electron chi connectivity index (χ4n) is 0.543. The normalized spacial score (nSPS) is 12.0. The molecule has 3 heteroatoms. The van der Waals surface area contributed by atoms with Crippen molar-refractivity contribution < 1.29 is 10.3 Å². The first-order valence-corrected chi connectivity index (χ1v) is 3.09. The molecule has 0 spiro atoms. The van der Waals surface area contributed by atoms with E-state index in [1.807, 2.05) is 0 Å². The van der Waals surface area contributed by atoms with E-state index in [-0.39, 0.29) is 6.61 Å². The second-order valence-electron chi connectivity index (χ2n) is 2.02. The van der Waals surface area contributed by atoms with Crippen LogP contribution in [0.1, 0.15) is 26.2 Å². The molecule has 0 radical (unpaired) electrons. The third-order valence-corrected chi connectivity index (χ3v) is 1.12. The minimum absolute atomic E-state index is 0.221. The van der Waals surface area contributed by atoms with Gasteiger partial charge in [-0.2, -0.15) is 0 Å². The van der Waals surface area contributed by atoms with Crippen LogP contribution in [0.3, 0.4) is 0 Å². The molecule has 0 bridgehead atoms. The second kappa shape index (κ2) is 5.56. The lowest BCUT2D eigenvalue weighted by Gasteiger charge is -1.94. The Morgan fingerprint density at radius 1 is 1.44 bits per heavy atom. The van der Waals surface area contributed by atoms with Gasteiger partial charge in [0.05, 0.1) is 5.71 Å². The van der Waals surface area contributed by atoms with E-state index < -0.39 is 0 Å². The van der Waals surface area contributed by atoms with E-state index in [9.17, 15) is 0 Å². The molecule has 0 aromatic heterocycles. The quantitative estimate of drug-likeness (QED) is 0.259. The zero-order valence-corrected chi connectivity index (χ0v) is 5.67. The first-order chi connectivity index (χ1) is 4.31. The highest BCUT2D eigenvalue weighted by Crippen LogP contribution is 1.95. The summed E-state index contributed by atoms with van der Waals surface area (Å²) in [6.07, 6.45) is 2.45. The van der Waals surface area contributed by atoms with Gasteiger partial charge in [0.25, 0.3) is 0 Å². The topological polar surface area (TPSA) is 52.8 Å². The molecule has 0 aliphatic heterocycles. The van der Waals surface area contributed by atoms with Crippen LogP contribution in [-0.2, 0) is 0 Å². The van der Waals surface area contributed by atoms with Crippen molar-refractivity contribution in [2.24, 2.45) is 5.16 Å². The molecule has 3 nitrogen and oxygen atoms in total. The van der Waals surface area contributed by atoms with E-state index in [1.165, 1.54) is 0 Å². The molecule has 0 unspecified atom stereocenters. The number of oxime groups is 1. The van der Waals surface area contributed by atoms with E-state index in [4.69, 9.17) is 10.3 Å². The maximum absolute atomic E-state index is 8.35. The van der Waals surface area contributed by atoms with E-state index in [2.05, 4.69) is 5.16 Å². The van der Waals surface area contributed by atoms with Crippen LogP contribution in [0, 0.1) is 0 Å². The largest absolute Gasteiger partial charge is 0.411 e. The predicted octanol–water partition coefficient (Wildman–Crippen LogP) is 0.999. The molecule has 0 rings (SSSR count). The first-order valence-electron chi connectivity index (χ1n) is 3.09. The zero-order chi connectivity index (χ0) is 7.11. The van der Waals surface area contributed by atoms with E-state index in [0.717, 1.165) is 25.0 Å². The number of unbranched alkanes of at least 4 members (excludes halogenated alkanes) is 1. The zero-order valence-electron chi connectivity index (χ0n) is 5.67. The monoisotopic (exact) mass is 131 g/mol. The number of nitrogens with zero attached hydrogens (tertiary/aromatic N) is 1. The molecular weight excluding hydrogens is 118 g/mol. The van der Waals surface area contributed by atoms with Gasteiger partial charge in [0.1, 0.15) is 0 Å². The lowest BCUT2D eigenvalue weighted by molar-refractivity contribution is 0.284. The molecule has 9 heavy (non-hydrogen) atoms. The maximum Gasteiger partial charge on any atom is 0.0540 e. The van der Waals surface area contributed by atoms with Crippen molar-refractivity contribution >= 4 is 5.71 Å². The molecule has 54 valence electrons. The Kier molecular flexibility index (Phi) is 5.21. The predicted molar refractivity (Wildman–Crippen MR) is 35.8 cm³/mol. The molecule has 0 aromatic rings. The summed E-state index contributed by atoms with van der Waals surface area (Å²) in [4.78, 5) is 0. The van der Waals surface area contributed by atoms with Gasteiger partial charge in [-0.05, 0) is 26.2 Å². The minimum Gasteiger partial charge on any atom is -0.411 e. The average Bonchev–Trinajstić information content (AvgIpc) is 1.89. The SMILES string of the molecule is C/C(CCCCO)=N\O. The summed E-state index contributed by atoms with van der Waals surface area (Å²) in [5.41, 5.74) is 0.725. The van der Waals surface area contributed by atoms with Crippen molar-refractivity contribution in [2.75, 3.05) is 6.61 Å². The molecule has 0 fully saturated rings. The molecule has 2 N–H and O–H groups in total. The van der Waals surface area contributed by atoms with Crippen molar-refractivity contribution in [2.45, 2.75) is 26.2 Å². The van der Waals surface area contributed by atoms with Crippen molar-refractivity contribution in [3.8, 4) is 0 Å². The van der Waals surface area contributed by atoms with Crippen molar-refractivity contribution in [3.63, 3.8) is 0 Å². The Hall–Kier alpha value is -0.570. The highest BCUT2D eigenvalue weighted by molar-refractivity contribution is 5.81. The van der Waals surface area contributed by atoms with Crippen LogP contribution in [0.4, 0.5) is 0 Å². The molecule has 0 amide bonds. The van der Waals surface area contributed by atoms with Crippen LogP contribution >= 0.6 is 0 Å². The van der Waals surface area contributed by atoms with Gasteiger partial charge in [-0.15, -0.1) is 0 Å². The van der Waals surface area contributed by atoms with E-state index >= 15 is 0 Å². The summed E-state index contributed by atoms with van der Waals surface area (Å²) in [5.74, 6) is 0. The fourth-order valence-corrected chi connectivity index (χ4v) is 0.543. The Morgan fingerprint density at radius 3 is 2.56 bits per heavy atom. The van der Waals surface area contributed by atoms with E-state index in [1.54, 1.807) is 6.92 Å². The third kappa shape index (κ3) is 5.30. The molecule has 0 aliphatic rings. The van der Waals surface area contributed by atoms with Crippen LogP contribution < -0.4 is 0 Å².